The molecule has 14 nitrogen and oxygen atoms in total. The number of hydrogen-bond donors (Lipinski definition) is 5. The van der Waals surface area contributed by atoms with Crippen LogP contribution in [0.25, 0.3) is 0 Å². The van der Waals surface area contributed by atoms with Gasteiger partial charge in [-0.2, -0.15) is 5.26 Å². The smallest absolute Gasteiger partial charge is 0.188 e. The first kappa shape index (κ1) is 52.7. The molecule has 14 heteroatoms. The first-order chi connectivity index (χ1) is 34.5. The van der Waals surface area contributed by atoms with Crippen LogP contribution in [-0.2, 0) is 37.9 Å². The van der Waals surface area contributed by atoms with Crippen LogP contribution in [0.3, 0.4) is 0 Å². The third-order valence-electron chi connectivity index (χ3n) is 14.3. The van der Waals surface area contributed by atoms with Crippen LogP contribution >= 0.6 is 0 Å². The van der Waals surface area contributed by atoms with E-state index in [0.29, 0.717) is 80.9 Å². The van der Waals surface area contributed by atoms with Crippen LogP contribution in [0.5, 0.6) is 17.2 Å². The summed E-state index contributed by atoms with van der Waals surface area (Å²) < 4.78 is 50.9. The quantitative estimate of drug-likeness (QED) is 0.0528. The van der Waals surface area contributed by atoms with E-state index in [1.807, 2.05) is 43.3 Å². The number of hydrogen-bond acceptors (Lipinski definition) is 14. The molecule has 8 rings (SSSR count). The van der Waals surface area contributed by atoms with Crippen molar-refractivity contribution in [2.24, 2.45) is 0 Å². The molecule has 13 unspecified atom stereocenters. The van der Waals surface area contributed by atoms with Gasteiger partial charge in [-0.3, -0.25) is 0 Å². The fourth-order valence-electron chi connectivity index (χ4n) is 10.5. The Morgan fingerprint density at radius 2 is 0.972 bits per heavy atom. The van der Waals surface area contributed by atoms with Gasteiger partial charge in [0.25, 0.3) is 0 Å². The molecule has 0 bridgehead atoms. The molecule has 71 heavy (non-hydrogen) atoms. The standard InChI is InChI=1S/C57H73NO13/c1-3-43-32-44(69-57(65-43)51-21-5-7-23-53(51)63)18-11-19-47-34-49(70-54(66-47)38-26-24-37(35-58)25-27-38)31-42(61)15-10-17-46-33-45(67-55(68-46)39-12-8-13-40(59)29-39)16-9-14-41(60)30-48-28-36(2)64-56(71-48)50-20-4-6-22-52(50)62/h4-8,12-13,20-27,29,36,41-49,54-57,59-63H,3,9-11,14-19,28,30-34H2,1-2H3/t36-,41?,42?,43?,44?,45?,46?,47?,48?,49?,54?,55?,56?,57?/m0/s1. The summed E-state index contributed by atoms with van der Waals surface area (Å²) in [4.78, 5) is 0. The van der Waals surface area contributed by atoms with Gasteiger partial charge in [-0.1, -0.05) is 67.6 Å². The van der Waals surface area contributed by atoms with E-state index in [1.54, 1.807) is 60.7 Å². The minimum atomic E-state index is -0.697. The van der Waals surface area contributed by atoms with Crippen LogP contribution in [0.1, 0.15) is 170 Å². The van der Waals surface area contributed by atoms with Crippen molar-refractivity contribution in [3.8, 4) is 23.3 Å². The van der Waals surface area contributed by atoms with E-state index in [9.17, 15) is 30.8 Å². The average Bonchev–Trinajstić information content (AvgIpc) is 3.36. The molecule has 4 saturated heterocycles. The van der Waals surface area contributed by atoms with Crippen molar-refractivity contribution in [3.63, 3.8) is 0 Å². The van der Waals surface area contributed by atoms with Crippen LogP contribution in [-0.4, -0.2) is 86.6 Å². The number of ether oxygens (including phenoxy) is 8. The van der Waals surface area contributed by atoms with Crippen LogP contribution in [0.2, 0.25) is 0 Å². The maximum atomic E-state index is 11.5. The molecular weight excluding hydrogens is 907 g/mol. The number of para-hydroxylation sites is 2. The lowest BCUT2D eigenvalue weighted by Gasteiger charge is -2.38. The van der Waals surface area contributed by atoms with Crippen molar-refractivity contribution in [3.05, 3.63) is 125 Å². The van der Waals surface area contributed by atoms with Gasteiger partial charge < -0.3 is 63.4 Å². The molecule has 4 aliphatic heterocycles. The normalized spacial score (nSPS) is 30.0. The van der Waals surface area contributed by atoms with E-state index in [4.69, 9.17) is 37.9 Å². The van der Waals surface area contributed by atoms with Crippen molar-refractivity contribution in [2.45, 2.75) is 203 Å². The number of aliphatic hydroxyl groups excluding tert-OH is 2. The monoisotopic (exact) mass is 980 g/mol. The summed E-state index contributed by atoms with van der Waals surface area (Å²) in [5.74, 6) is 0.404. The zero-order chi connectivity index (χ0) is 49.7. The molecule has 0 saturated carbocycles. The number of rotatable bonds is 21. The van der Waals surface area contributed by atoms with Crippen molar-refractivity contribution in [1.82, 2.24) is 0 Å². The van der Waals surface area contributed by atoms with Gasteiger partial charge in [0.2, 0.25) is 0 Å². The number of phenols is 3. The SMILES string of the molecule is CCC1CC(CCCC2CC(CC(O)CCCC3CC(CCCC(O)CC4C[C@H](C)OC(c5ccccc5O)O4)OC(c4cccc(O)c4)O3)OC(c3ccc(C#N)cc3)O2)OC(c2ccccc2O)O1. The summed E-state index contributed by atoms with van der Waals surface area (Å²) >= 11 is 0. The van der Waals surface area contributed by atoms with E-state index >= 15 is 0 Å². The van der Waals surface area contributed by atoms with Gasteiger partial charge in [0, 0.05) is 41.5 Å². The molecule has 4 aromatic rings. The summed E-state index contributed by atoms with van der Waals surface area (Å²) in [7, 11) is 0. The Labute approximate surface area is 418 Å². The molecule has 4 fully saturated rings. The highest BCUT2D eigenvalue weighted by Gasteiger charge is 2.36. The third kappa shape index (κ3) is 15.2. The highest BCUT2D eigenvalue weighted by molar-refractivity contribution is 5.34. The Hall–Kier alpha value is -4.63. The zero-order valence-electron chi connectivity index (χ0n) is 41.1. The first-order valence-corrected chi connectivity index (χ1v) is 25.9. The Kier molecular flexibility index (Phi) is 19.2. The van der Waals surface area contributed by atoms with E-state index in [1.165, 1.54) is 0 Å². The van der Waals surface area contributed by atoms with Crippen LogP contribution in [0.15, 0.2) is 97.1 Å². The molecule has 0 amide bonds. The summed E-state index contributed by atoms with van der Waals surface area (Å²) in [6.45, 7) is 4.08. The molecule has 4 heterocycles. The lowest BCUT2D eigenvalue weighted by Crippen LogP contribution is -2.36. The van der Waals surface area contributed by atoms with Gasteiger partial charge in [0.1, 0.15) is 17.2 Å². The third-order valence-corrected chi connectivity index (χ3v) is 14.3. The maximum Gasteiger partial charge on any atom is 0.188 e. The van der Waals surface area contributed by atoms with E-state index in [2.05, 4.69) is 13.0 Å². The predicted octanol–water partition coefficient (Wildman–Crippen LogP) is 10.9. The van der Waals surface area contributed by atoms with Gasteiger partial charge in [0.15, 0.2) is 25.2 Å². The number of phenolic OH excluding ortho intramolecular Hbond substituents is 3. The second-order valence-corrected chi connectivity index (χ2v) is 20.0. The Balaban J connectivity index is 0.827. The second-order valence-electron chi connectivity index (χ2n) is 20.0. The van der Waals surface area contributed by atoms with Crippen LogP contribution in [0.4, 0.5) is 0 Å². The molecule has 0 aliphatic carbocycles. The van der Waals surface area contributed by atoms with Gasteiger partial charge in [-0.05, 0) is 127 Å². The lowest BCUT2D eigenvalue weighted by molar-refractivity contribution is -0.257. The summed E-state index contributed by atoms with van der Waals surface area (Å²) in [5.41, 5.74) is 3.32. The number of aliphatic hydroxyl groups is 2. The first-order valence-electron chi connectivity index (χ1n) is 25.9. The van der Waals surface area contributed by atoms with Crippen LogP contribution in [0, 0.1) is 11.3 Å². The number of nitriles is 1. The molecule has 4 aromatic carbocycles. The average molecular weight is 980 g/mol. The molecule has 4 aliphatic rings. The van der Waals surface area contributed by atoms with E-state index in [0.717, 1.165) is 49.7 Å². The van der Waals surface area contributed by atoms with E-state index < -0.39 is 37.4 Å². The minimum Gasteiger partial charge on any atom is -0.508 e. The van der Waals surface area contributed by atoms with Gasteiger partial charge in [-0.25, -0.2) is 0 Å². The Morgan fingerprint density at radius 1 is 0.507 bits per heavy atom. The van der Waals surface area contributed by atoms with Crippen molar-refractivity contribution < 1.29 is 63.4 Å². The largest absolute Gasteiger partial charge is 0.508 e. The van der Waals surface area contributed by atoms with Crippen LogP contribution < -0.4 is 0 Å². The molecule has 5 N–H and O–H groups in total. The highest BCUT2D eigenvalue weighted by Crippen LogP contribution is 2.40. The Morgan fingerprint density at radius 3 is 1.54 bits per heavy atom. The number of aromatic hydroxyl groups is 3. The number of benzene rings is 4. The maximum absolute atomic E-state index is 11.5. The minimum absolute atomic E-state index is 0.0235. The highest BCUT2D eigenvalue weighted by atomic mass is 16.7. The molecule has 0 radical (unpaired) electrons. The predicted molar refractivity (Wildman–Crippen MR) is 263 cm³/mol. The fraction of sp³-hybridized carbons (Fsp3) is 0.561. The molecule has 0 aromatic heterocycles. The topological polar surface area (TPSA) is 199 Å². The fourth-order valence-corrected chi connectivity index (χ4v) is 10.5. The second kappa shape index (κ2) is 25.8. The summed E-state index contributed by atoms with van der Waals surface area (Å²) in [6.07, 6.45) is 6.00. The Bertz CT molecular complexity index is 2290. The van der Waals surface area contributed by atoms with Gasteiger partial charge in [0.05, 0.1) is 72.7 Å². The molecule has 14 atom stereocenters. The van der Waals surface area contributed by atoms with Gasteiger partial charge in [-0.15, -0.1) is 0 Å². The van der Waals surface area contributed by atoms with Crippen molar-refractivity contribution >= 4 is 0 Å². The van der Waals surface area contributed by atoms with Crippen molar-refractivity contribution in [1.29, 1.82) is 5.26 Å². The lowest BCUT2D eigenvalue weighted by atomic mass is 9.94. The summed E-state index contributed by atoms with van der Waals surface area (Å²) in [6, 6.07) is 30.5. The summed E-state index contributed by atoms with van der Waals surface area (Å²) in [5, 5.41) is 63.3. The van der Waals surface area contributed by atoms with E-state index in [-0.39, 0.29) is 66.1 Å². The number of nitrogens with zero attached hydrogens (tertiary/aromatic N) is 1. The molecule has 384 valence electrons. The molecule has 0 spiro atoms. The van der Waals surface area contributed by atoms with Gasteiger partial charge >= 0.3 is 0 Å². The molecular formula is C57H73NO13. The zero-order valence-corrected chi connectivity index (χ0v) is 41.1. The van der Waals surface area contributed by atoms with Crippen molar-refractivity contribution in [2.75, 3.05) is 0 Å².